The fourth-order valence-corrected chi connectivity index (χ4v) is 3.42. The van der Waals surface area contributed by atoms with Gasteiger partial charge in [0.1, 0.15) is 23.3 Å². The molecule has 0 spiro atoms. The molecule has 1 aliphatic carbocycles. The van der Waals surface area contributed by atoms with Gasteiger partial charge in [-0.2, -0.15) is 0 Å². The molecule has 1 saturated heterocycles. The summed E-state index contributed by atoms with van der Waals surface area (Å²) in [6.07, 6.45) is 6.24. The van der Waals surface area contributed by atoms with Crippen LogP contribution in [0.1, 0.15) is 43.0 Å². The van der Waals surface area contributed by atoms with Gasteiger partial charge in [-0.05, 0) is 56.5 Å². The summed E-state index contributed by atoms with van der Waals surface area (Å²) in [6.45, 7) is 2.11. The molecule has 6 heteroatoms. The molecule has 4 rings (SSSR count). The highest BCUT2D eigenvalue weighted by Gasteiger charge is 2.27. The molecule has 0 radical (unpaired) electrons. The third-order valence-electron chi connectivity index (χ3n) is 4.88. The highest BCUT2D eigenvalue weighted by atomic mass is 19.1. The molecule has 132 valence electrons. The van der Waals surface area contributed by atoms with Crippen molar-refractivity contribution in [3.63, 3.8) is 0 Å². The molecule has 1 atom stereocenters. The molecule has 1 aromatic heterocycles. The molecule has 2 aliphatic rings. The SMILES string of the molecule is Fc1ccc(F)c(CN2CCCC(Nc3ccnc(C4CC4)n3)C2)c1. The first-order valence-electron chi connectivity index (χ1n) is 8.93. The number of anilines is 1. The van der Waals surface area contributed by atoms with Gasteiger partial charge in [0.15, 0.2) is 0 Å². The minimum absolute atomic E-state index is 0.257. The van der Waals surface area contributed by atoms with E-state index in [1.54, 1.807) is 0 Å². The lowest BCUT2D eigenvalue weighted by Gasteiger charge is -2.33. The van der Waals surface area contributed by atoms with E-state index in [2.05, 4.69) is 20.2 Å². The van der Waals surface area contributed by atoms with E-state index >= 15 is 0 Å². The number of piperidine rings is 1. The number of rotatable bonds is 5. The molecule has 2 heterocycles. The summed E-state index contributed by atoms with van der Waals surface area (Å²) in [7, 11) is 0. The Hall–Kier alpha value is -2.08. The van der Waals surface area contributed by atoms with E-state index in [1.165, 1.54) is 25.0 Å². The number of hydrogen-bond acceptors (Lipinski definition) is 4. The molecule has 0 bridgehead atoms. The minimum Gasteiger partial charge on any atom is -0.366 e. The molecule has 1 N–H and O–H groups in total. The van der Waals surface area contributed by atoms with Crippen LogP contribution in [-0.2, 0) is 6.54 Å². The number of halogens is 2. The molecule has 1 saturated carbocycles. The lowest BCUT2D eigenvalue weighted by molar-refractivity contribution is 0.206. The van der Waals surface area contributed by atoms with Gasteiger partial charge in [0.05, 0.1) is 0 Å². The van der Waals surface area contributed by atoms with Gasteiger partial charge in [-0.1, -0.05) is 0 Å². The van der Waals surface area contributed by atoms with Crippen LogP contribution in [0.15, 0.2) is 30.5 Å². The van der Waals surface area contributed by atoms with Gasteiger partial charge in [0.2, 0.25) is 0 Å². The maximum atomic E-state index is 13.9. The second-order valence-corrected chi connectivity index (χ2v) is 7.03. The number of aromatic nitrogens is 2. The summed E-state index contributed by atoms with van der Waals surface area (Å²) < 4.78 is 27.2. The summed E-state index contributed by atoms with van der Waals surface area (Å²) in [4.78, 5) is 11.1. The molecule has 1 unspecified atom stereocenters. The zero-order valence-corrected chi connectivity index (χ0v) is 14.1. The number of likely N-dealkylation sites (tertiary alicyclic amines) is 1. The predicted octanol–water partition coefficient (Wildman–Crippen LogP) is 3.71. The Balaban J connectivity index is 1.39. The van der Waals surface area contributed by atoms with Crippen molar-refractivity contribution in [3.8, 4) is 0 Å². The second-order valence-electron chi connectivity index (χ2n) is 7.03. The van der Waals surface area contributed by atoms with Gasteiger partial charge >= 0.3 is 0 Å². The van der Waals surface area contributed by atoms with E-state index in [0.717, 1.165) is 43.6 Å². The number of nitrogens with one attached hydrogen (secondary N) is 1. The van der Waals surface area contributed by atoms with E-state index in [9.17, 15) is 8.78 Å². The molecule has 2 fully saturated rings. The van der Waals surface area contributed by atoms with E-state index < -0.39 is 5.82 Å². The van der Waals surface area contributed by atoms with E-state index in [1.807, 2.05) is 12.3 Å². The van der Waals surface area contributed by atoms with Crippen LogP contribution in [-0.4, -0.2) is 34.0 Å². The smallest absolute Gasteiger partial charge is 0.133 e. The van der Waals surface area contributed by atoms with E-state index in [4.69, 9.17) is 0 Å². The molecule has 2 aromatic rings. The van der Waals surface area contributed by atoms with Crippen LogP contribution in [0.4, 0.5) is 14.6 Å². The summed E-state index contributed by atoms with van der Waals surface area (Å²) in [5.74, 6) is 1.58. The second kappa shape index (κ2) is 7.04. The third-order valence-corrected chi connectivity index (χ3v) is 4.88. The van der Waals surface area contributed by atoms with Crippen molar-refractivity contribution in [2.45, 2.75) is 44.2 Å². The van der Waals surface area contributed by atoms with Crippen LogP contribution in [0.25, 0.3) is 0 Å². The minimum atomic E-state index is -0.392. The van der Waals surface area contributed by atoms with Gasteiger partial charge in [0, 0.05) is 36.8 Å². The summed E-state index contributed by atoms with van der Waals surface area (Å²) in [5.41, 5.74) is 0.415. The zero-order chi connectivity index (χ0) is 17.2. The lowest BCUT2D eigenvalue weighted by atomic mass is 10.0. The highest BCUT2D eigenvalue weighted by molar-refractivity contribution is 5.35. The first-order chi connectivity index (χ1) is 12.2. The summed E-state index contributed by atoms with van der Waals surface area (Å²) in [6, 6.07) is 5.80. The van der Waals surface area contributed by atoms with Crippen LogP contribution < -0.4 is 5.32 Å². The van der Waals surface area contributed by atoms with Crippen molar-refractivity contribution in [1.82, 2.24) is 14.9 Å². The summed E-state index contributed by atoms with van der Waals surface area (Å²) in [5, 5.41) is 3.49. The Morgan fingerprint density at radius 1 is 1.16 bits per heavy atom. The molecule has 4 nitrogen and oxygen atoms in total. The largest absolute Gasteiger partial charge is 0.366 e. The normalized spacial score (nSPS) is 21.3. The Bertz CT molecular complexity index is 748. The maximum Gasteiger partial charge on any atom is 0.133 e. The van der Waals surface area contributed by atoms with Crippen molar-refractivity contribution in [2.75, 3.05) is 18.4 Å². The van der Waals surface area contributed by atoms with Crippen LogP contribution in [0.5, 0.6) is 0 Å². The topological polar surface area (TPSA) is 41.0 Å². The first-order valence-corrected chi connectivity index (χ1v) is 8.93. The Kier molecular flexibility index (Phi) is 4.61. The van der Waals surface area contributed by atoms with Crippen molar-refractivity contribution in [2.24, 2.45) is 0 Å². The Labute approximate surface area is 146 Å². The predicted molar refractivity (Wildman–Crippen MR) is 92.3 cm³/mol. The van der Waals surface area contributed by atoms with Gasteiger partial charge in [-0.15, -0.1) is 0 Å². The molecule has 1 aromatic carbocycles. The average Bonchev–Trinajstić information content (AvgIpc) is 3.44. The van der Waals surface area contributed by atoms with Crippen molar-refractivity contribution in [1.29, 1.82) is 0 Å². The molecular weight excluding hydrogens is 322 g/mol. The number of hydrogen-bond donors (Lipinski definition) is 1. The van der Waals surface area contributed by atoms with Gasteiger partial charge in [0.25, 0.3) is 0 Å². The number of benzene rings is 1. The van der Waals surface area contributed by atoms with Crippen LogP contribution >= 0.6 is 0 Å². The summed E-state index contributed by atoms with van der Waals surface area (Å²) >= 11 is 0. The van der Waals surface area contributed by atoms with E-state index in [-0.39, 0.29) is 11.9 Å². The van der Waals surface area contributed by atoms with Crippen LogP contribution in [0.3, 0.4) is 0 Å². The standard InChI is InChI=1S/C19H22F2N4/c20-15-5-6-17(21)14(10-15)11-25-9-1-2-16(12-25)23-18-7-8-22-19(24-18)13-3-4-13/h5-8,10,13,16H,1-4,9,11-12H2,(H,22,23,24). The molecule has 25 heavy (non-hydrogen) atoms. The molecule has 1 aliphatic heterocycles. The highest BCUT2D eigenvalue weighted by Crippen LogP contribution is 2.38. The lowest BCUT2D eigenvalue weighted by Crippen LogP contribution is -2.41. The van der Waals surface area contributed by atoms with Crippen molar-refractivity contribution in [3.05, 3.63) is 53.5 Å². The fraction of sp³-hybridized carbons (Fsp3) is 0.474. The zero-order valence-electron chi connectivity index (χ0n) is 14.1. The van der Waals surface area contributed by atoms with Crippen molar-refractivity contribution >= 4 is 5.82 Å². The Morgan fingerprint density at radius 2 is 2.04 bits per heavy atom. The molecular formula is C19H22F2N4. The van der Waals surface area contributed by atoms with Crippen LogP contribution in [0, 0.1) is 11.6 Å². The monoisotopic (exact) mass is 344 g/mol. The quantitative estimate of drug-likeness (QED) is 0.898. The average molecular weight is 344 g/mol. The first kappa shape index (κ1) is 16.4. The van der Waals surface area contributed by atoms with Gasteiger partial charge in [-0.3, -0.25) is 4.90 Å². The third kappa shape index (κ3) is 4.12. The van der Waals surface area contributed by atoms with Crippen molar-refractivity contribution < 1.29 is 8.78 Å². The van der Waals surface area contributed by atoms with E-state index in [0.29, 0.717) is 18.0 Å². The number of nitrogens with zero attached hydrogens (tertiary/aromatic N) is 3. The van der Waals surface area contributed by atoms with Crippen LogP contribution in [0.2, 0.25) is 0 Å². The fourth-order valence-electron chi connectivity index (χ4n) is 3.42. The van der Waals surface area contributed by atoms with Gasteiger partial charge in [-0.25, -0.2) is 18.7 Å². The van der Waals surface area contributed by atoms with Gasteiger partial charge < -0.3 is 5.32 Å². The Morgan fingerprint density at radius 3 is 2.88 bits per heavy atom. The molecule has 0 amide bonds. The maximum absolute atomic E-state index is 13.9.